The van der Waals surface area contributed by atoms with Gasteiger partial charge in [0.2, 0.25) is 0 Å². The van der Waals surface area contributed by atoms with Gasteiger partial charge in [-0.2, -0.15) is 5.10 Å². The Morgan fingerprint density at radius 3 is 2.40 bits per heavy atom. The van der Waals surface area contributed by atoms with Crippen molar-refractivity contribution in [1.29, 1.82) is 0 Å². The number of nitrogens with zero attached hydrogens (tertiary/aromatic N) is 3. The van der Waals surface area contributed by atoms with Crippen LogP contribution in [0.3, 0.4) is 0 Å². The van der Waals surface area contributed by atoms with E-state index in [2.05, 4.69) is 10.4 Å². The van der Waals surface area contributed by atoms with Crippen LogP contribution in [0.25, 0.3) is 0 Å². The number of aromatic nitrogens is 2. The molecule has 1 aromatic heterocycles. The molecule has 0 aliphatic heterocycles. The normalized spacial score (nSPS) is 10.4. The van der Waals surface area contributed by atoms with E-state index in [1.807, 2.05) is 18.2 Å². The Labute approximate surface area is 175 Å². The zero-order valence-corrected chi connectivity index (χ0v) is 17.4. The number of anilines is 1. The number of rotatable bonds is 7. The molecule has 0 fully saturated rings. The number of nitrogens with one attached hydrogen (secondary N) is 1. The van der Waals surface area contributed by atoms with Gasteiger partial charge in [0.15, 0.2) is 17.2 Å². The monoisotopic (exact) mass is 408 g/mol. The molecule has 1 N–H and O–H groups in total. The highest BCUT2D eigenvalue weighted by Crippen LogP contribution is 2.28. The van der Waals surface area contributed by atoms with Gasteiger partial charge in [0.25, 0.3) is 11.8 Å². The molecule has 0 radical (unpaired) electrons. The maximum Gasteiger partial charge on any atom is 0.274 e. The molecular weight excluding hydrogens is 384 g/mol. The summed E-state index contributed by atoms with van der Waals surface area (Å²) in [5.41, 5.74) is 1.65. The fraction of sp³-hybridized carbons (Fsp3) is 0.227. The zero-order valence-electron chi connectivity index (χ0n) is 17.4. The van der Waals surface area contributed by atoms with Crippen molar-refractivity contribution in [3.05, 3.63) is 71.4 Å². The minimum atomic E-state index is -0.267. The second-order valence-corrected chi connectivity index (χ2v) is 6.71. The highest BCUT2D eigenvalue weighted by Gasteiger charge is 2.19. The standard InChI is InChI=1S/C22H24N4O4/c1-25(14-15-10-11-18(29-3)19(12-15)30-4)22(28)17-13-20(26(2)24-17)23-21(27)16-8-6-5-7-9-16/h5-13H,14H2,1-4H3,(H,23,27). The molecule has 0 unspecified atom stereocenters. The molecule has 0 spiro atoms. The van der Waals surface area contributed by atoms with E-state index in [1.165, 1.54) is 4.68 Å². The first-order chi connectivity index (χ1) is 14.4. The third-order valence-electron chi connectivity index (χ3n) is 4.59. The third kappa shape index (κ3) is 4.60. The topological polar surface area (TPSA) is 85.7 Å². The first-order valence-electron chi connectivity index (χ1n) is 9.29. The van der Waals surface area contributed by atoms with Crippen LogP contribution in [-0.4, -0.2) is 47.8 Å². The highest BCUT2D eigenvalue weighted by molar-refractivity contribution is 6.04. The molecule has 0 bridgehead atoms. The average molecular weight is 408 g/mol. The number of benzene rings is 2. The second-order valence-electron chi connectivity index (χ2n) is 6.71. The van der Waals surface area contributed by atoms with Crippen LogP contribution < -0.4 is 14.8 Å². The third-order valence-corrected chi connectivity index (χ3v) is 4.59. The van der Waals surface area contributed by atoms with Gasteiger partial charge in [0.1, 0.15) is 5.82 Å². The number of carbonyl (C=O) groups is 2. The van der Waals surface area contributed by atoms with E-state index < -0.39 is 0 Å². The predicted octanol–water partition coefficient (Wildman–Crippen LogP) is 2.96. The Hall–Kier alpha value is -3.81. The summed E-state index contributed by atoms with van der Waals surface area (Å²) in [5, 5.41) is 7.03. The molecule has 0 saturated heterocycles. The molecule has 1 heterocycles. The summed E-state index contributed by atoms with van der Waals surface area (Å²) in [6.45, 7) is 0.363. The maximum absolute atomic E-state index is 12.8. The summed E-state index contributed by atoms with van der Waals surface area (Å²) in [7, 11) is 6.50. The molecule has 2 aromatic carbocycles. The van der Waals surface area contributed by atoms with Crippen molar-refractivity contribution in [1.82, 2.24) is 14.7 Å². The Balaban J connectivity index is 1.71. The van der Waals surface area contributed by atoms with Crippen LogP contribution >= 0.6 is 0 Å². The molecule has 2 amide bonds. The van der Waals surface area contributed by atoms with E-state index in [4.69, 9.17) is 9.47 Å². The fourth-order valence-corrected chi connectivity index (χ4v) is 2.99. The number of amides is 2. The number of aryl methyl sites for hydroxylation is 1. The van der Waals surface area contributed by atoms with Gasteiger partial charge in [-0.05, 0) is 29.8 Å². The van der Waals surface area contributed by atoms with Crippen LogP contribution in [0, 0.1) is 0 Å². The molecule has 8 heteroatoms. The first-order valence-corrected chi connectivity index (χ1v) is 9.29. The lowest BCUT2D eigenvalue weighted by molar-refractivity contribution is 0.0778. The minimum absolute atomic E-state index is 0.240. The van der Waals surface area contributed by atoms with Gasteiger partial charge in [-0.15, -0.1) is 0 Å². The van der Waals surface area contributed by atoms with Crippen molar-refractivity contribution in [3.63, 3.8) is 0 Å². The van der Waals surface area contributed by atoms with Crippen molar-refractivity contribution < 1.29 is 19.1 Å². The largest absolute Gasteiger partial charge is 0.493 e. The van der Waals surface area contributed by atoms with Crippen LogP contribution in [0.1, 0.15) is 26.4 Å². The van der Waals surface area contributed by atoms with Gasteiger partial charge in [0, 0.05) is 32.3 Å². The molecule has 0 aliphatic rings. The lowest BCUT2D eigenvalue weighted by Gasteiger charge is -2.17. The lowest BCUT2D eigenvalue weighted by atomic mass is 10.2. The first kappa shape index (κ1) is 20.9. The van der Waals surface area contributed by atoms with Crippen LogP contribution in [0.2, 0.25) is 0 Å². The van der Waals surface area contributed by atoms with Crippen molar-refractivity contribution in [2.45, 2.75) is 6.54 Å². The Morgan fingerprint density at radius 2 is 1.73 bits per heavy atom. The molecule has 0 saturated carbocycles. The second kappa shape index (κ2) is 9.13. The smallest absolute Gasteiger partial charge is 0.274 e. The Kier molecular flexibility index (Phi) is 6.36. The van der Waals surface area contributed by atoms with Gasteiger partial charge >= 0.3 is 0 Å². The summed E-state index contributed by atoms with van der Waals surface area (Å²) in [6.07, 6.45) is 0. The van der Waals surface area contributed by atoms with E-state index >= 15 is 0 Å². The van der Waals surface area contributed by atoms with Gasteiger partial charge in [-0.3, -0.25) is 14.3 Å². The Morgan fingerprint density at radius 1 is 1.03 bits per heavy atom. The van der Waals surface area contributed by atoms with E-state index in [0.717, 1.165) is 5.56 Å². The molecular formula is C22H24N4O4. The SMILES string of the molecule is COc1ccc(CN(C)C(=O)c2cc(NC(=O)c3ccccc3)n(C)n2)cc1OC. The van der Waals surface area contributed by atoms with E-state index in [-0.39, 0.29) is 17.5 Å². The van der Waals surface area contributed by atoms with Crippen molar-refractivity contribution in [3.8, 4) is 11.5 Å². The minimum Gasteiger partial charge on any atom is -0.493 e. The van der Waals surface area contributed by atoms with E-state index in [0.29, 0.717) is 29.4 Å². The number of methoxy groups -OCH3 is 2. The molecule has 3 rings (SSSR count). The van der Waals surface area contributed by atoms with Crippen molar-refractivity contribution in [2.75, 3.05) is 26.6 Å². The van der Waals surface area contributed by atoms with Crippen molar-refractivity contribution >= 4 is 17.6 Å². The summed E-state index contributed by atoms with van der Waals surface area (Å²) in [5.74, 6) is 1.13. The average Bonchev–Trinajstić information content (AvgIpc) is 3.13. The van der Waals surface area contributed by atoms with Crippen LogP contribution in [0.4, 0.5) is 5.82 Å². The predicted molar refractivity (Wildman–Crippen MR) is 113 cm³/mol. The van der Waals surface area contributed by atoms with Gasteiger partial charge < -0.3 is 19.7 Å². The summed E-state index contributed by atoms with van der Waals surface area (Å²) in [6, 6.07) is 15.9. The zero-order chi connectivity index (χ0) is 21.7. The Bertz CT molecular complexity index is 1050. The van der Waals surface area contributed by atoms with Gasteiger partial charge in [-0.25, -0.2) is 0 Å². The maximum atomic E-state index is 12.8. The summed E-state index contributed by atoms with van der Waals surface area (Å²) >= 11 is 0. The summed E-state index contributed by atoms with van der Waals surface area (Å²) in [4.78, 5) is 26.7. The number of ether oxygens (including phenoxy) is 2. The summed E-state index contributed by atoms with van der Waals surface area (Å²) < 4.78 is 12.0. The van der Waals surface area contributed by atoms with Gasteiger partial charge in [0.05, 0.1) is 14.2 Å². The van der Waals surface area contributed by atoms with Crippen LogP contribution in [0.15, 0.2) is 54.6 Å². The number of hydrogen-bond acceptors (Lipinski definition) is 5. The van der Waals surface area contributed by atoms with Crippen LogP contribution in [0.5, 0.6) is 11.5 Å². The molecule has 30 heavy (non-hydrogen) atoms. The number of carbonyl (C=O) groups excluding carboxylic acids is 2. The van der Waals surface area contributed by atoms with E-state index in [9.17, 15) is 9.59 Å². The highest BCUT2D eigenvalue weighted by atomic mass is 16.5. The molecule has 3 aromatic rings. The van der Waals surface area contributed by atoms with E-state index in [1.54, 1.807) is 69.6 Å². The fourth-order valence-electron chi connectivity index (χ4n) is 2.99. The molecule has 8 nitrogen and oxygen atoms in total. The van der Waals surface area contributed by atoms with Gasteiger partial charge in [-0.1, -0.05) is 24.3 Å². The number of hydrogen-bond donors (Lipinski definition) is 1. The molecule has 0 aliphatic carbocycles. The quantitative estimate of drug-likeness (QED) is 0.650. The lowest BCUT2D eigenvalue weighted by Crippen LogP contribution is -2.26. The van der Waals surface area contributed by atoms with Crippen molar-refractivity contribution in [2.24, 2.45) is 7.05 Å². The molecule has 156 valence electrons. The van der Waals surface area contributed by atoms with Crippen LogP contribution in [-0.2, 0) is 13.6 Å². The molecule has 0 atom stereocenters.